The molecule has 6 rings (SSSR count). The van der Waals surface area contributed by atoms with Crippen molar-refractivity contribution in [2.45, 2.75) is 0 Å². The molecule has 0 unspecified atom stereocenters. The molecule has 0 bridgehead atoms. The molecule has 0 aliphatic carbocycles. The van der Waals surface area contributed by atoms with Crippen LogP contribution in [0.25, 0.3) is 47.8 Å². The van der Waals surface area contributed by atoms with Gasteiger partial charge in [-0.15, -0.1) is 11.3 Å². The van der Waals surface area contributed by atoms with Crippen molar-refractivity contribution in [3.63, 3.8) is 0 Å². The summed E-state index contributed by atoms with van der Waals surface area (Å²) in [5.74, 6) is 0.592. The molecule has 3 aromatic carbocycles. The van der Waals surface area contributed by atoms with Gasteiger partial charge in [0.2, 0.25) is 0 Å². The van der Waals surface area contributed by atoms with Crippen LogP contribution in [0.2, 0.25) is 0 Å². The highest BCUT2D eigenvalue weighted by Gasteiger charge is 2.19. The lowest BCUT2D eigenvalue weighted by atomic mass is 9.99. The van der Waals surface area contributed by atoms with E-state index in [2.05, 4.69) is 51.2 Å². The third-order valence-corrected chi connectivity index (χ3v) is 8.49. The molecule has 3 heterocycles. The van der Waals surface area contributed by atoms with Gasteiger partial charge < -0.3 is 24.7 Å². The minimum absolute atomic E-state index is 0.0360. The van der Waals surface area contributed by atoms with Gasteiger partial charge in [0.1, 0.15) is 5.58 Å². The first-order valence-corrected chi connectivity index (χ1v) is 14.3. The van der Waals surface area contributed by atoms with Gasteiger partial charge in [-0.25, -0.2) is 0 Å². The molecule has 7 nitrogen and oxygen atoms in total. The standard InChI is InChI=1S/C32H32N4O3S/c1-35(2)12-11-34-20-22(19-33)21-9-10-29-27(17-21)25-7-4-6-24(32(25)40-29)23-5-3-8-26-28(37)18-30(39-31(23)26)36-13-15-38-16-14-36/h3-10,17-20H,11-16,33H2,1-2H3/b22-19+,34-20?. The molecule has 1 fully saturated rings. The molecule has 8 heteroatoms. The minimum atomic E-state index is -0.0360. The van der Waals surface area contributed by atoms with E-state index in [1.165, 1.54) is 4.70 Å². The Morgan fingerprint density at radius 3 is 2.58 bits per heavy atom. The fourth-order valence-corrected chi connectivity index (χ4v) is 6.35. The molecule has 5 aromatic rings. The van der Waals surface area contributed by atoms with Gasteiger partial charge in [0.05, 0.1) is 25.1 Å². The van der Waals surface area contributed by atoms with Crippen molar-refractivity contribution in [3.8, 4) is 11.1 Å². The van der Waals surface area contributed by atoms with Gasteiger partial charge in [-0.2, -0.15) is 0 Å². The highest BCUT2D eigenvalue weighted by molar-refractivity contribution is 7.26. The van der Waals surface area contributed by atoms with Gasteiger partial charge in [-0.3, -0.25) is 9.79 Å². The summed E-state index contributed by atoms with van der Waals surface area (Å²) in [6.07, 6.45) is 3.47. The number of para-hydroxylation sites is 1. The van der Waals surface area contributed by atoms with Gasteiger partial charge in [-0.1, -0.05) is 36.4 Å². The maximum atomic E-state index is 13.1. The van der Waals surface area contributed by atoms with Crippen LogP contribution in [-0.4, -0.2) is 64.6 Å². The van der Waals surface area contributed by atoms with Crippen LogP contribution in [0.5, 0.6) is 0 Å². The molecule has 1 aliphatic rings. The Balaban J connectivity index is 1.45. The number of thiophene rings is 1. The first-order valence-electron chi connectivity index (χ1n) is 13.5. The third-order valence-electron chi connectivity index (χ3n) is 7.27. The quantitative estimate of drug-likeness (QED) is 0.265. The van der Waals surface area contributed by atoms with E-state index < -0.39 is 0 Å². The van der Waals surface area contributed by atoms with Gasteiger partial charge in [-0.05, 0) is 37.9 Å². The highest BCUT2D eigenvalue weighted by atomic mass is 32.1. The van der Waals surface area contributed by atoms with Crippen molar-refractivity contribution in [2.24, 2.45) is 10.7 Å². The van der Waals surface area contributed by atoms with E-state index in [1.807, 2.05) is 38.5 Å². The number of fused-ring (bicyclic) bond motifs is 4. The predicted molar refractivity (Wildman–Crippen MR) is 168 cm³/mol. The van der Waals surface area contributed by atoms with Crippen LogP contribution < -0.4 is 16.1 Å². The topological polar surface area (TPSA) is 84.3 Å². The summed E-state index contributed by atoms with van der Waals surface area (Å²) < 4.78 is 14.3. The Labute approximate surface area is 236 Å². The van der Waals surface area contributed by atoms with Crippen LogP contribution >= 0.6 is 11.3 Å². The fourth-order valence-electron chi connectivity index (χ4n) is 5.14. The van der Waals surface area contributed by atoms with E-state index in [4.69, 9.17) is 14.9 Å². The van der Waals surface area contributed by atoms with Crippen LogP contribution in [0.3, 0.4) is 0 Å². The average molecular weight is 553 g/mol. The predicted octanol–water partition coefficient (Wildman–Crippen LogP) is 5.60. The Morgan fingerprint density at radius 2 is 1.80 bits per heavy atom. The fraction of sp³-hybridized carbons (Fsp3) is 0.250. The first-order chi connectivity index (χ1) is 19.5. The lowest BCUT2D eigenvalue weighted by Crippen LogP contribution is -2.36. The third kappa shape index (κ3) is 5.01. The van der Waals surface area contributed by atoms with Crippen LogP contribution in [0.1, 0.15) is 5.56 Å². The second kappa shape index (κ2) is 11.3. The lowest BCUT2D eigenvalue weighted by molar-refractivity contribution is 0.121. The summed E-state index contributed by atoms with van der Waals surface area (Å²) >= 11 is 1.74. The number of hydrogen-bond acceptors (Lipinski definition) is 8. The van der Waals surface area contributed by atoms with Gasteiger partial charge in [0.15, 0.2) is 11.3 Å². The lowest BCUT2D eigenvalue weighted by Gasteiger charge is -2.27. The maximum absolute atomic E-state index is 13.1. The van der Waals surface area contributed by atoms with E-state index in [-0.39, 0.29) is 5.43 Å². The zero-order valence-corrected chi connectivity index (χ0v) is 23.5. The van der Waals surface area contributed by atoms with E-state index in [1.54, 1.807) is 23.6 Å². The Hall–Kier alpha value is -3.98. The van der Waals surface area contributed by atoms with Gasteiger partial charge in [0.25, 0.3) is 0 Å². The van der Waals surface area contributed by atoms with E-state index in [0.717, 1.165) is 44.3 Å². The van der Waals surface area contributed by atoms with Crippen LogP contribution in [0.15, 0.2) is 81.1 Å². The van der Waals surface area contributed by atoms with Crippen LogP contribution in [-0.2, 0) is 4.74 Å². The second-order valence-electron chi connectivity index (χ2n) is 10.2. The number of allylic oxidation sites excluding steroid dienone is 1. The molecule has 0 saturated carbocycles. The zero-order chi connectivity index (χ0) is 27.6. The Bertz CT molecular complexity index is 1810. The van der Waals surface area contributed by atoms with Crippen molar-refractivity contribution in [1.82, 2.24) is 4.90 Å². The number of hydrogen-bond donors (Lipinski definition) is 1. The summed E-state index contributed by atoms with van der Waals surface area (Å²) in [6.45, 7) is 4.24. The molecule has 40 heavy (non-hydrogen) atoms. The SMILES string of the molecule is CN(C)CCN=C/C(=C\N)c1ccc2sc3c(-c4cccc5c(=O)cc(N6CCOCC6)oc45)cccc3c2c1. The minimum Gasteiger partial charge on any atom is -0.440 e. The van der Waals surface area contributed by atoms with Gasteiger partial charge in [0, 0.05) is 75.0 Å². The molecule has 204 valence electrons. The van der Waals surface area contributed by atoms with E-state index >= 15 is 0 Å². The van der Waals surface area contributed by atoms with Crippen molar-refractivity contribution in [3.05, 3.63) is 82.7 Å². The number of anilines is 1. The molecule has 0 radical (unpaired) electrons. The van der Waals surface area contributed by atoms with Gasteiger partial charge >= 0.3 is 0 Å². The summed E-state index contributed by atoms with van der Waals surface area (Å²) in [5.41, 5.74) is 10.5. The highest BCUT2D eigenvalue weighted by Crippen LogP contribution is 2.42. The smallest absolute Gasteiger partial charge is 0.200 e. The number of benzene rings is 3. The molecular formula is C32H32N4O3S. The number of nitrogens with two attached hydrogens (primary N) is 1. The van der Waals surface area contributed by atoms with Crippen molar-refractivity contribution in [1.29, 1.82) is 0 Å². The molecule has 1 aliphatic heterocycles. The molecule has 2 aromatic heterocycles. The van der Waals surface area contributed by atoms with E-state index in [9.17, 15) is 4.79 Å². The monoisotopic (exact) mass is 552 g/mol. The maximum Gasteiger partial charge on any atom is 0.200 e. The van der Waals surface area contributed by atoms with Crippen LogP contribution in [0, 0.1) is 0 Å². The Kier molecular flexibility index (Phi) is 7.38. The van der Waals surface area contributed by atoms with Crippen molar-refractivity contribution < 1.29 is 9.15 Å². The van der Waals surface area contributed by atoms with Crippen molar-refractivity contribution >= 4 is 60.2 Å². The number of likely N-dealkylation sites (N-methyl/N-ethyl adjacent to an activating group) is 1. The first kappa shape index (κ1) is 26.3. The van der Waals surface area contributed by atoms with E-state index in [0.29, 0.717) is 49.7 Å². The normalized spacial score (nSPS) is 14.9. The molecule has 0 atom stereocenters. The summed E-state index contributed by atoms with van der Waals surface area (Å²) in [5, 5.41) is 2.90. The summed E-state index contributed by atoms with van der Waals surface area (Å²) in [6, 6.07) is 20.2. The second-order valence-corrected chi connectivity index (χ2v) is 11.2. The van der Waals surface area contributed by atoms with Crippen molar-refractivity contribution in [2.75, 3.05) is 58.4 Å². The van der Waals surface area contributed by atoms with Crippen LogP contribution in [0.4, 0.5) is 5.88 Å². The largest absolute Gasteiger partial charge is 0.440 e. The zero-order valence-electron chi connectivity index (χ0n) is 22.7. The molecular weight excluding hydrogens is 520 g/mol. The molecule has 0 amide bonds. The number of aliphatic imine (C=N–C) groups is 1. The summed E-state index contributed by atoms with van der Waals surface area (Å²) in [7, 11) is 4.07. The Morgan fingerprint density at radius 1 is 1.02 bits per heavy atom. The number of ether oxygens (including phenoxy) is 1. The molecule has 0 spiro atoms. The molecule has 1 saturated heterocycles. The average Bonchev–Trinajstić information content (AvgIpc) is 3.35. The molecule has 2 N–H and O–H groups in total. The summed E-state index contributed by atoms with van der Waals surface area (Å²) in [4.78, 5) is 21.9. The number of rotatable bonds is 7. The number of nitrogens with zero attached hydrogens (tertiary/aromatic N) is 3. The number of morpholine rings is 1.